The number of carbonyl (C=O) groups is 1. The summed E-state index contributed by atoms with van der Waals surface area (Å²) in [4.78, 5) is 25.8. The van der Waals surface area contributed by atoms with E-state index in [1.807, 2.05) is 4.90 Å². The predicted octanol–water partition coefficient (Wildman–Crippen LogP) is -0.539. The molecule has 104 valence electrons. The summed E-state index contributed by atoms with van der Waals surface area (Å²) in [5.74, 6) is 0.462. The first-order valence-corrected chi connectivity index (χ1v) is 5.98. The van der Waals surface area contributed by atoms with Gasteiger partial charge in [-0.05, 0) is 6.42 Å². The summed E-state index contributed by atoms with van der Waals surface area (Å²) in [7, 11) is 4.60. The molecule has 0 spiro atoms. The second kappa shape index (κ2) is 5.68. The average Bonchev–Trinajstić information content (AvgIpc) is 2.95. The largest absolute Gasteiger partial charge is 0.467 e. The maximum absolute atomic E-state index is 11.6. The van der Waals surface area contributed by atoms with Crippen LogP contribution in [0, 0.1) is 5.92 Å². The number of aromatic nitrogens is 3. The van der Waals surface area contributed by atoms with Crippen molar-refractivity contribution < 1.29 is 14.3 Å². The van der Waals surface area contributed by atoms with Gasteiger partial charge in [0.05, 0.1) is 20.1 Å². The molecular formula is C11H17N5O3. The van der Waals surface area contributed by atoms with Crippen LogP contribution in [-0.2, 0) is 4.79 Å². The highest BCUT2D eigenvalue weighted by molar-refractivity contribution is 5.79. The van der Waals surface area contributed by atoms with Crippen molar-refractivity contribution in [3.8, 4) is 12.0 Å². The third-order valence-electron chi connectivity index (χ3n) is 3.04. The lowest BCUT2D eigenvalue weighted by molar-refractivity contribution is -0.123. The Morgan fingerprint density at radius 2 is 1.89 bits per heavy atom. The van der Waals surface area contributed by atoms with E-state index in [1.54, 1.807) is 7.05 Å². The van der Waals surface area contributed by atoms with E-state index in [0.29, 0.717) is 19.0 Å². The van der Waals surface area contributed by atoms with Crippen LogP contribution in [0.25, 0.3) is 0 Å². The molecule has 0 radical (unpaired) electrons. The van der Waals surface area contributed by atoms with Crippen LogP contribution in [0.1, 0.15) is 6.42 Å². The van der Waals surface area contributed by atoms with E-state index in [9.17, 15) is 4.79 Å². The summed E-state index contributed by atoms with van der Waals surface area (Å²) in [5.41, 5.74) is 0. The molecular weight excluding hydrogens is 250 g/mol. The average molecular weight is 267 g/mol. The van der Waals surface area contributed by atoms with E-state index in [1.165, 1.54) is 14.2 Å². The van der Waals surface area contributed by atoms with Gasteiger partial charge in [0.15, 0.2) is 0 Å². The number of rotatable bonds is 4. The van der Waals surface area contributed by atoms with Gasteiger partial charge in [-0.2, -0.15) is 9.97 Å². The van der Waals surface area contributed by atoms with Gasteiger partial charge in [-0.15, -0.1) is 4.98 Å². The lowest BCUT2D eigenvalue weighted by atomic mass is 10.1. The van der Waals surface area contributed by atoms with Gasteiger partial charge in [0.1, 0.15) is 0 Å². The molecule has 19 heavy (non-hydrogen) atoms. The van der Waals surface area contributed by atoms with Gasteiger partial charge in [0, 0.05) is 20.1 Å². The lowest BCUT2D eigenvalue weighted by Gasteiger charge is -2.16. The van der Waals surface area contributed by atoms with Crippen molar-refractivity contribution in [2.24, 2.45) is 5.92 Å². The number of ether oxygens (including phenoxy) is 2. The van der Waals surface area contributed by atoms with Crippen LogP contribution in [0.2, 0.25) is 0 Å². The van der Waals surface area contributed by atoms with E-state index in [0.717, 1.165) is 6.42 Å². The topological polar surface area (TPSA) is 89.5 Å². The van der Waals surface area contributed by atoms with Crippen molar-refractivity contribution in [2.75, 3.05) is 39.3 Å². The Bertz CT molecular complexity index is 445. The minimum Gasteiger partial charge on any atom is -0.467 e. The van der Waals surface area contributed by atoms with E-state index < -0.39 is 0 Å². The summed E-state index contributed by atoms with van der Waals surface area (Å²) < 4.78 is 10.0. The number of nitrogens with zero attached hydrogens (tertiary/aromatic N) is 4. The smallest absolute Gasteiger partial charge is 0.324 e. The number of hydrogen-bond acceptors (Lipinski definition) is 7. The van der Waals surface area contributed by atoms with Gasteiger partial charge < -0.3 is 19.7 Å². The fraction of sp³-hybridized carbons (Fsp3) is 0.636. The predicted molar refractivity (Wildman–Crippen MR) is 67.3 cm³/mol. The SMILES string of the molecule is CNC(=O)C1CCN(c2nc(OC)nc(OC)n2)C1. The van der Waals surface area contributed by atoms with Crippen LogP contribution in [0.3, 0.4) is 0 Å². The molecule has 1 aliphatic heterocycles. The van der Waals surface area contributed by atoms with Gasteiger partial charge in [-0.25, -0.2) is 0 Å². The maximum atomic E-state index is 11.6. The van der Waals surface area contributed by atoms with Crippen molar-refractivity contribution in [1.29, 1.82) is 0 Å². The fourth-order valence-electron chi connectivity index (χ4n) is 2.01. The Hall–Kier alpha value is -2.12. The summed E-state index contributed by atoms with van der Waals surface area (Å²) in [6.07, 6.45) is 0.774. The molecule has 0 aromatic carbocycles. The number of carbonyl (C=O) groups excluding carboxylic acids is 1. The standard InChI is InChI=1S/C11H17N5O3/c1-12-8(17)7-4-5-16(6-7)9-13-10(18-2)15-11(14-9)19-3/h7H,4-6H2,1-3H3,(H,12,17). The zero-order chi connectivity index (χ0) is 13.8. The zero-order valence-electron chi connectivity index (χ0n) is 11.2. The van der Waals surface area contributed by atoms with Crippen LogP contribution in [0.4, 0.5) is 5.95 Å². The molecule has 1 fully saturated rings. The van der Waals surface area contributed by atoms with Crippen LogP contribution in [0.5, 0.6) is 12.0 Å². The Balaban J connectivity index is 2.16. The monoisotopic (exact) mass is 267 g/mol. The van der Waals surface area contributed by atoms with Gasteiger partial charge >= 0.3 is 12.0 Å². The second-order valence-corrected chi connectivity index (χ2v) is 4.15. The van der Waals surface area contributed by atoms with Crippen molar-refractivity contribution in [3.05, 3.63) is 0 Å². The number of methoxy groups -OCH3 is 2. The molecule has 1 atom stereocenters. The Morgan fingerprint density at radius 3 is 2.42 bits per heavy atom. The highest BCUT2D eigenvalue weighted by Crippen LogP contribution is 2.23. The molecule has 1 N–H and O–H groups in total. The van der Waals surface area contributed by atoms with Crippen molar-refractivity contribution in [3.63, 3.8) is 0 Å². The summed E-state index contributed by atoms with van der Waals surface area (Å²) in [6.45, 7) is 1.30. The van der Waals surface area contributed by atoms with Crippen LogP contribution in [-0.4, -0.2) is 55.2 Å². The molecule has 1 unspecified atom stereocenters. The van der Waals surface area contributed by atoms with Crippen LogP contribution < -0.4 is 19.7 Å². The van der Waals surface area contributed by atoms with E-state index in [2.05, 4.69) is 20.3 Å². The molecule has 1 aliphatic rings. The number of nitrogens with one attached hydrogen (secondary N) is 1. The maximum Gasteiger partial charge on any atom is 0.324 e. The van der Waals surface area contributed by atoms with Crippen LogP contribution >= 0.6 is 0 Å². The molecule has 0 aliphatic carbocycles. The van der Waals surface area contributed by atoms with Gasteiger partial charge in [0.25, 0.3) is 0 Å². The molecule has 0 saturated carbocycles. The van der Waals surface area contributed by atoms with Crippen molar-refractivity contribution in [2.45, 2.75) is 6.42 Å². The van der Waals surface area contributed by atoms with E-state index in [-0.39, 0.29) is 23.8 Å². The second-order valence-electron chi connectivity index (χ2n) is 4.15. The lowest BCUT2D eigenvalue weighted by Crippen LogP contribution is -2.30. The van der Waals surface area contributed by atoms with Crippen LogP contribution in [0.15, 0.2) is 0 Å². The van der Waals surface area contributed by atoms with E-state index in [4.69, 9.17) is 9.47 Å². The molecule has 2 heterocycles. The van der Waals surface area contributed by atoms with Gasteiger partial charge in [-0.3, -0.25) is 4.79 Å². The Kier molecular flexibility index (Phi) is 3.98. The number of hydrogen-bond donors (Lipinski definition) is 1. The number of amides is 1. The molecule has 8 heteroatoms. The summed E-state index contributed by atoms with van der Waals surface area (Å²) >= 11 is 0. The first-order valence-electron chi connectivity index (χ1n) is 5.98. The molecule has 1 amide bonds. The van der Waals surface area contributed by atoms with Gasteiger partial charge in [0.2, 0.25) is 11.9 Å². The minimum atomic E-state index is -0.0428. The third kappa shape index (κ3) is 2.83. The third-order valence-corrected chi connectivity index (χ3v) is 3.04. The first kappa shape index (κ1) is 13.3. The molecule has 0 bridgehead atoms. The van der Waals surface area contributed by atoms with Gasteiger partial charge in [-0.1, -0.05) is 0 Å². The Labute approximate surface area is 111 Å². The quantitative estimate of drug-likeness (QED) is 0.783. The highest BCUT2D eigenvalue weighted by atomic mass is 16.5. The Morgan fingerprint density at radius 1 is 1.26 bits per heavy atom. The van der Waals surface area contributed by atoms with Crippen molar-refractivity contribution >= 4 is 11.9 Å². The molecule has 1 aromatic rings. The molecule has 1 aromatic heterocycles. The minimum absolute atomic E-state index is 0.0375. The molecule has 8 nitrogen and oxygen atoms in total. The first-order chi connectivity index (χ1) is 9.17. The summed E-state index contributed by atoms with van der Waals surface area (Å²) in [5, 5.41) is 2.66. The van der Waals surface area contributed by atoms with E-state index >= 15 is 0 Å². The summed E-state index contributed by atoms with van der Waals surface area (Å²) in [6, 6.07) is 0.399. The fourth-order valence-corrected chi connectivity index (χ4v) is 2.01. The zero-order valence-corrected chi connectivity index (χ0v) is 11.2. The van der Waals surface area contributed by atoms with Crippen molar-refractivity contribution in [1.82, 2.24) is 20.3 Å². The highest BCUT2D eigenvalue weighted by Gasteiger charge is 2.29. The molecule has 1 saturated heterocycles. The normalized spacial score (nSPS) is 18.3. The molecule has 2 rings (SSSR count). The number of anilines is 1.